The van der Waals surface area contributed by atoms with Gasteiger partial charge in [-0.3, -0.25) is 0 Å². The Kier molecular flexibility index (Phi) is 8.84. The van der Waals surface area contributed by atoms with Gasteiger partial charge in [0.1, 0.15) is 0 Å². The fourth-order valence-corrected chi connectivity index (χ4v) is 3.91. The third-order valence-corrected chi connectivity index (χ3v) is 5.78. The van der Waals surface area contributed by atoms with Gasteiger partial charge in [-0.15, -0.1) is 0 Å². The number of unbranched alkanes of at least 4 members (excludes halogenated alkanes) is 3. The normalized spacial score (nSPS) is 11.9. The van der Waals surface area contributed by atoms with Gasteiger partial charge in [0.2, 0.25) is 0 Å². The topological polar surface area (TPSA) is 9.23 Å². The summed E-state index contributed by atoms with van der Waals surface area (Å²) in [6.45, 7) is 9.77. The molecule has 14 heavy (non-hydrogen) atoms. The molecule has 1 nitrogen and oxygen atoms in total. The van der Waals surface area contributed by atoms with E-state index in [4.69, 9.17) is 4.74 Å². The third-order valence-electron chi connectivity index (χ3n) is 1.98. The van der Waals surface area contributed by atoms with Gasteiger partial charge in [0.05, 0.1) is 0 Å². The molecular weight excluding hydrogens is 355 g/mol. The zero-order valence-corrected chi connectivity index (χ0v) is 14.7. The molecule has 0 heterocycles. The van der Waals surface area contributed by atoms with E-state index in [-0.39, 0.29) is 11.1 Å². The Bertz CT molecular complexity index is 163. The predicted molar refractivity (Wildman–Crippen MR) is 60.6 cm³/mol. The van der Waals surface area contributed by atoms with Crippen LogP contribution in [0.3, 0.4) is 0 Å². The van der Waals surface area contributed by atoms with Gasteiger partial charge in [-0.25, -0.2) is 0 Å². The number of ether oxygens (including phenoxy) is 1. The Labute approximate surface area is 104 Å². The van der Waals surface area contributed by atoms with Crippen molar-refractivity contribution in [3.8, 4) is 0 Å². The maximum absolute atomic E-state index is 5.67. The minimum absolute atomic E-state index is 0.0502. The first-order chi connectivity index (χ1) is 6.42. The van der Waals surface area contributed by atoms with Crippen molar-refractivity contribution in [3.63, 3.8) is 0 Å². The first-order valence-electron chi connectivity index (χ1n) is 5.60. The number of hydrogen-bond donors (Lipinski definition) is 0. The molecule has 0 saturated heterocycles. The molecule has 0 rings (SSSR count). The van der Waals surface area contributed by atoms with Crippen molar-refractivity contribution in [2.45, 2.75) is 64.6 Å². The van der Waals surface area contributed by atoms with E-state index in [0.29, 0.717) is 0 Å². The van der Waals surface area contributed by atoms with E-state index in [1.54, 1.807) is 0 Å². The summed E-state index contributed by atoms with van der Waals surface area (Å²) in [5.74, 6) is 0. The summed E-state index contributed by atoms with van der Waals surface area (Å²) >= 11 is 1.46. The molecule has 0 atom stereocenters. The van der Waals surface area contributed by atoms with Gasteiger partial charge in [-0.2, -0.15) is 0 Å². The van der Waals surface area contributed by atoms with Gasteiger partial charge in [0.25, 0.3) is 0 Å². The van der Waals surface area contributed by atoms with E-state index >= 15 is 0 Å². The van der Waals surface area contributed by atoms with Crippen LogP contribution in [0.25, 0.3) is 0 Å². The standard InChI is InChI=1S/C11H24OSi.Hf/c1-11(2,3)12-9-7-5-6-8-10-13-4;/h5-10H2,1-4H3;/q;+2. The van der Waals surface area contributed by atoms with Gasteiger partial charge >= 0.3 is 104 Å². The average Bonchev–Trinajstić information content (AvgIpc) is 2.00. The van der Waals surface area contributed by atoms with Crippen LogP contribution in [0, 0.1) is 0 Å². The fraction of sp³-hybridized carbons (Fsp3) is 1.00. The Morgan fingerprint density at radius 2 is 1.64 bits per heavy atom. The van der Waals surface area contributed by atoms with Crippen molar-refractivity contribution in [2.24, 2.45) is 0 Å². The van der Waals surface area contributed by atoms with Crippen LogP contribution in [0.5, 0.6) is 0 Å². The summed E-state index contributed by atoms with van der Waals surface area (Å²) in [7, 11) is 0. The molecule has 0 unspecified atom stereocenters. The van der Waals surface area contributed by atoms with Gasteiger partial charge in [0.15, 0.2) is 0 Å². The molecule has 0 radical (unpaired) electrons. The Hall–Kier alpha value is 1.05. The molecule has 0 amide bonds. The average molecular weight is 379 g/mol. The van der Waals surface area contributed by atoms with E-state index in [2.05, 4.69) is 27.3 Å². The second kappa shape index (κ2) is 8.23. The molecule has 0 aromatic carbocycles. The van der Waals surface area contributed by atoms with Crippen molar-refractivity contribution >= 4 is 5.49 Å². The molecule has 0 N–H and O–H groups in total. The van der Waals surface area contributed by atoms with Crippen molar-refractivity contribution in [2.75, 3.05) is 6.61 Å². The van der Waals surface area contributed by atoms with E-state index < -0.39 is 0 Å². The van der Waals surface area contributed by atoms with Gasteiger partial charge in [-0.05, 0) is 0 Å². The molecule has 0 aliphatic rings. The predicted octanol–water partition coefficient (Wildman–Crippen LogP) is 3.53. The van der Waals surface area contributed by atoms with E-state index in [0.717, 1.165) is 6.61 Å². The van der Waals surface area contributed by atoms with E-state index in [9.17, 15) is 0 Å². The van der Waals surface area contributed by atoms with Crippen LogP contribution in [0.15, 0.2) is 0 Å². The Balaban J connectivity index is 3.11. The Morgan fingerprint density at radius 3 is 2.14 bits per heavy atom. The molecule has 3 heteroatoms. The molecule has 0 spiro atoms. The first kappa shape index (κ1) is 15.0. The van der Waals surface area contributed by atoms with Crippen LogP contribution in [-0.2, 0) is 27.7 Å². The third kappa shape index (κ3) is 13.0. The summed E-state index contributed by atoms with van der Waals surface area (Å²) in [6.07, 6.45) is 5.47. The summed E-state index contributed by atoms with van der Waals surface area (Å²) in [6, 6.07) is 1.54. The Morgan fingerprint density at radius 1 is 1.07 bits per heavy atom. The number of rotatable bonds is 7. The van der Waals surface area contributed by atoms with Crippen molar-refractivity contribution < 1.29 is 27.7 Å². The molecule has 0 aliphatic heterocycles. The molecule has 0 fully saturated rings. The fourth-order valence-electron chi connectivity index (χ4n) is 1.22. The van der Waals surface area contributed by atoms with Crippen LogP contribution in [0.4, 0.5) is 0 Å². The molecule has 0 aromatic rings. The van der Waals surface area contributed by atoms with Crippen LogP contribution < -0.4 is 0 Å². The molecule has 0 saturated carbocycles. The van der Waals surface area contributed by atoms with Crippen molar-refractivity contribution in [1.82, 2.24) is 0 Å². The van der Waals surface area contributed by atoms with E-state index in [1.807, 2.05) is 0 Å². The van der Waals surface area contributed by atoms with Crippen LogP contribution in [0.2, 0.25) is 12.6 Å². The van der Waals surface area contributed by atoms with Crippen molar-refractivity contribution in [3.05, 3.63) is 0 Å². The summed E-state index contributed by atoms with van der Waals surface area (Å²) < 4.78 is 5.67. The van der Waals surface area contributed by atoms with Gasteiger partial charge in [0, 0.05) is 0 Å². The second-order valence-corrected chi connectivity index (χ2v) is 16.2. The van der Waals surface area contributed by atoms with E-state index in [1.165, 1.54) is 54.7 Å². The van der Waals surface area contributed by atoms with Gasteiger partial charge in [-0.1, -0.05) is 0 Å². The SMILES string of the molecule is C[Si](=[Hf+2])CCCCCCOC(C)(C)C. The zero-order valence-electron chi connectivity index (χ0n) is 10.2. The molecule has 0 bridgehead atoms. The second-order valence-electron chi connectivity index (χ2n) is 4.91. The maximum atomic E-state index is 5.67. The van der Waals surface area contributed by atoms with Crippen LogP contribution in [-0.4, -0.2) is 17.7 Å². The number of hydrogen-bond acceptors (Lipinski definition) is 1. The monoisotopic (exact) mass is 380 g/mol. The van der Waals surface area contributed by atoms with Crippen LogP contribution in [0.1, 0.15) is 46.5 Å². The van der Waals surface area contributed by atoms with Gasteiger partial charge < -0.3 is 0 Å². The minimum atomic E-state index is 0.0502. The van der Waals surface area contributed by atoms with Crippen LogP contribution >= 0.6 is 0 Å². The summed E-state index contributed by atoms with van der Waals surface area (Å²) in [5.41, 5.74) is 0.208. The summed E-state index contributed by atoms with van der Waals surface area (Å²) in [4.78, 5) is 0. The molecule has 80 valence electrons. The summed E-state index contributed by atoms with van der Waals surface area (Å²) in [5, 5.41) is 0. The molecule has 0 aliphatic carbocycles. The molecule has 0 aromatic heterocycles. The first-order valence-corrected chi connectivity index (χ1v) is 13.2. The zero-order chi connectivity index (χ0) is 11.0. The molecular formula is C11H24HfOSi+2. The van der Waals surface area contributed by atoms with Crippen molar-refractivity contribution in [1.29, 1.82) is 0 Å². The quantitative estimate of drug-likeness (QED) is 0.486.